The number of aromatic nitrogens is 2. The number of carbonyl (C=O) groups excluding carboxylic acids is 2. The predicted molar refractivity (Wildman–Crippen MR) is 132 cm³/mol. The molecule has 0 bridgehead atoms. The number of esters is 1. The van der Waals surface area contributed by atoms with Crippen molar-refractivity contribution in [1.82, 2.24) is 10.2 Å². The van der Waals surface area contributed by atoms with E-state index in [1.165, 1.54) is 51.7 Å². The van der Waals surface area contributed by atoms with Crippen LogP contribution in [0, 0.1) is 5.82 Å². The lowest BCUT2D eigenvalue weighted by molar-refractivity contribution is -0.137. The van der Waals surface area contributed by atoms with Crippen molar-refractivity contribution < 1.29 is 36.6 Å². The van der Waals surface area contributed by atoms with E-state index in [0.717, 1.165) is 39.5 Å². The van der Waals surface area contributed by atoms with E-state index in [9.17, 15) is 22.4 Å². The Morgan fingerprint density at radius 1 is 1.06 bits per heavy atom. The zero-order valence-electron chi connectivity index (χ0n) is 19.3. The first-order valence-electron chi connectivity index (χ1n) is 10.0. The molecule has 11 nitrogen and oxygen atoms in total. The Morgan fingerprint density at radius 2 is 1.75 bits per heavy atom. The van der Waals surface area contributed by atoms with Crippen LogP contribution in [0.3, 0.4) is 0 Å². The van der Waals surface area contributed by atoms with Crippen LogP contribution < -0.4 is 19.1 Å². The Hall–Kier alpha value is -3.43. The Balaban J connectivity index is 1.86. The number of amides is 1. The number of rotatable bonds is 11. The topological polar surface area (TPSA) is 137 Å². The number of hydrogen-bond donors (Lipinski definition) is 1. The molecule has 0 saturated carbocycles. The van der Waals surface area contributed by atoms with Crippen molar-refractivity contribution in [2.45, 2.75) is 9.24 Å². The van der Waals surface area contributed by atoms with Crippen LogP contribution in [-0.4, -0.2) is 64.1 Å². The number of benzene rings is 2. The van der Waals surface area contributed by atoms with Crippen molar-refractivity contribution >= 4 is 55.8 Å². The fourth-order valence-electron chi connectivity index (χ4n) is 2.81. The lowest BCUT2D eigenvalue weighted by Gasteiger charge is -2.24. The van der Waals surface area contributed by atoms with Gasteiger partial charge in [-0.05, 0) is 36.4 Å². The van der Waals surface area contributed by atoms with Gasteiger partial charge in [-0.15, -0.1) is 10.2 Å². The summed E-state index contributed by atoms with van der Waals surface area (Å²) in [7, 11) is -0.269. The molecular formula is C21H21FN4O7S3. The smallest absolute Gasteiger partial charge is 0.316 e. The van der Waals surface area contributed by atoms with Gasteiger partial charge in [-0.25, -0.2) is 12.8 Å². The van der Waals surface area contributed by atoms with Crippen LogP contribution in [0.1, 0.15) is 0 Å². The fraction of sp³-hybridized carbons (Fsp3) is 0.238. The Labute approximate surface area is 214 Å². The lowest BCUT2D eigenvalue weighted by atomic mass is 10.3. The summed E-state index contributed by atoms with van der Waals surface area (Å²) in [6, 6.07) is 8.64. The first-order valence-corrected chi connectivity index (χ1v) is 13.3. The molecule has 0 aliphatic carbocycles. The second kappa shape index (κ2) is 12.0. The summed E-state index contributed by atoms with van der Waals surface area (Å²) in [5.74, 6) is -1.23. The molecule has 1 N–H and O–H groups in total. The summed E-state index contributed by atoms with van der Waals surface area (Å²) >= 11 is 2.08. The molecule has 1 aromatic heterocycles. The summed E-state index contributed by atoms with van der Waals surface area (Å²) in [4.78, 5) is 23.9. The first-order chi connectivity index (χ1) is 17.2. The molecule has 0 spiro atoms. The van der Waals surface area contributed by atoms with E-state index >= 15 is 0 Å². The maximum Gasteiger partial charge on any atom is 0.316 e. The molecule has 2 aromatic carbocycles. The first kappa shape index (κ1) is 27.2. The third-order valence-corrected chi connectivity index (χ3v) is 8.25. The monoisotopic (exact) mass is 556 g/mol. The Morgan fingerprint density at radius 3 is 2.39 bits per heavy atom. The molecule has 0 atom stereocenters. The summed E-state index contributed by atoms with van der Waals surface area (Å²) < 4.78 is 56.7. The van der Waals surface area contributed by atoms with Gasteiger partial charge in [0, 0.05) is 6.07 Å². The Bertz CT molecular complexity index is 1330. The highest BCUT2D eigenvalue weighted by molar-refractivity contribution is 8.01. The quantitative estimate of drug-likeness (QED) is 0.213. The standard InChI is InChI=1S/C21H21FN4O7S3/c1-31-16-9-8-15(10-17(16)32-2)36(29,30)26(14-6-4-13(22)5-7-14)11-18(27)23-20-24-25-21(35-20)34-12-19(28)33-3/h4-10H,11-12H2,1-3H3,(H,23,24,27). The van der Waals surface area contributed by atoms with Gasteiger partial charge in [0.05, 0.1) is 37.7 Å². The van der Waals surface area contributed by atoms with Gasteiger partial charge in [0.25, 0.3) is 10.0 Å². The molecule has 36 heavy (non-hydrogen) atoms. The van der Waals surface area contributed by atoms with Crippen molar-refractivity contribution in [3.05, 3.63) is 48.3 Å². The molecule has 3 rings (SSSR count). The van der Waals surface area contributed by atoms with Gasteiger partial charge in [-0.3, -0.25) is 19.2 Å². The van der Waals surface area contributed by atoms with E-state index in [1.54, 1.807) is 0 Å². The van der Waals surface area contributed by atoms with Crippen LogP contribution in [0.2, 0.25) is 0 Å². The van der Waals surface area contributed by atoms with E-state index in [1.807, 2.05) is 0 Å². The second-order valence-corrected chi connectivity index (χ2v) is 10.9. The number of sulfonamides is 1. The number of ether oxygens (including phenoxy) is 3. The van der Waals surface area contributed by atoms with Crippen LogP contribution in [0.25, 0.3) is 0 Å². The van der Waals surface area contributed by atoms with Gasteiger partial charge in [0.1, 0.15) is 12.4 Å². The van der Waals surface area contributed by atoms with Gasteiger partial charge in [0.15, 0.2) is 15.8 Å². The van der Waals surface area contributed by atoms with Crippen LogP contribution in [0.15, 0.2) is 51.7 Å². The molecule has 0 saturated heterocycles. The molecule has 0 aliphatic heterocycles. The second-order valence-electron chi connectivity index (χ2n) is 6.79. The number of hydrogen-bond acceptors (Lipinski definition) is 11. The van der Waals surface area contributed by atoms with Crippen molar-refractivity contribution in [3.63, 3.8) is 0 Å². The van der Waals surface area contributed by atoms with E-state index in [0.29, 0.717) is 10.1 Å². The van der Waals surface area contributed by atoms with Crippen molar-refractivity contribution in [2.24, 2.45) is 0 Å². The average Bonchev–Trinajstić information content (AvgIpc) is 3.32. The summed E-state index contributed by atoms with van der Waals surface area (Å²) in [5.41, 5.74) is 0.0629. The highest BCUT2D eigenvalue weighted by Crippen LogP contribution is 2.32. The van der Waals surface area contributed by atoms with Crippen molar-refractivity contribution in [2.75, 3.05) is 43.2 Å². The number of carbonyl (C=O) groups is 2. The van der Waals surface area contributed by atoms with Crippen LogP contribution >= 0.6 is 23.1 Å². The van der Waals surface area contributed by atoms with E-state index < -0.39 is 34.3 Å². The molecular weight excluding hydrogens is 535 g/mol. The summed E-state index contributed by atoms with van der Waals surface area (Å²) in [6.07, 6.45) is 0. The average molecular weight is 557 g/mol. The van der Waals surface area contributed by atoms with Gasteiger partial charge >= 0.3 is 5.97 Å². The molecule has 0 radical (unpaired) electrons. The fourth-order valence-corrected chi connectivity index (χ4v) is 5.85. The van der Waals surface area contributed by atoms with E-state index in [-0.39, 0.29) is 27.2 Å². The highest BCUT2D eigenvalue weighted by Gasteiger charge is 2.29. The van der Waals surface area contributed by atoms with Crippen LogP contribution in [0.4, 0.5) is 15.2 Å². The largest absolute Gasteiger partial charge is 0.493 e. The van der Waals surface area contributed by atoms with Crippen LogP contribution in [0.5, 0.6) is 11.5 Å². The van der Waals surface area contributed by atoms with Crippen molar-refractivity contribution in [1.29, 1.82) is 0 Å². The van der Waals surface area contributed by atoms with Gasteiger partial charge in [0.2, 0.25) is 11.0 Å². The third kappa shape index (κ3) is 6.61. The number of thioether (sulfide) groups is 1. The molecule has 15 heteroatoms. The SMILES string of the molecule is COC(=O)CSc1nnc(NC(=O)CN(c2ccc(F)cc2)S(=O)(=O)c2ccc(OC)c(OC)c2)s1. The van der Waals surface area contributed by atoms with Gasteiger partial charge in [-0.1, -0.05) is 23.1 Å². The molecule has 3 aromatic rings. The summed E-state index contributed by atoms with van der Waals surface area (Å²) in [6.45, 7) is -0.646. The molecule has 192 valence electrons. The summed E-state index contributed by atoms with van der Waals surface area (Å²) in [5, 5.41) is 10.3. The number of halogens is 1. The van der Waals surface area contributed by atoms with Gasteiger partial charge in [-0.2, -0.15) is 0 Å². The third-order valence-electron chi connectivity index (χ3n) is 4.54. The predicted octanol–water partition coefficient (Wildman–Crippen LogP) is 2.79. The zero-order valence-corrected chi connectivity index (χ0v) is 21.7. The maximum atomic E-state index is 13.5. The molecule has 0 unspecified atom stereocenters. The van der Waals surface area contributed by atoms with E-state index in [2.05, 4.69) is 20.3 Å². The highest BCUT2D eigenvalue weighted by atomic mass is 32.2. The lowest BCUT2D eigenvalue weighted by Crippen LogP contribution is -2.38. The zero-order chi connectivity index (χ0) is 26.3. The number of nitrogens with zero attached hydrogens (tertiary/aromatic N) is 3. The normalized spacial score (nSPS) is 11.0. The van der Waals surface area contributed by atoms with Crippen molar-refractivity contribution in [3.8, 4) is 11.5 Å². The molecule has 1 heterocycles. The number of methoxy groups -OCH3 is 3. The maximum absolute atomic E-state index is 13.5. The minimum Gasteiger partial charge on any atom is -0.493 e. The minimum absolute atomic E-state index is 0.0149. The Kier molecular flexibility index (Phi) is 9.06. The minimum atomic E-state index is -4.30. The number of nitrogens with one attached hydrogen (secondary N) is 1. The molecule has 0 fully saturated rings. The number of anilines is 2. The van der Waals surface area contributed by atoms with Gasteiger partial charge < -0.3 is 14.2 Å². The molecule has 1 amide bonds. The molecule has 0 aliphatic rings. The van der Waals surface area contributed by atoms with Crippen LogP contribution in [-0.2, 0) is 24.3 Å². The van der Waals surface area contributed by atoms with E-state index in [4.69, 9.17) is 9.47 Å².